The fourth-order valence-corrected chi connectivity index (χ4v) is 5.85. The van der Waals surface area contributed by atoms with Crippen molar-refractivity contribution in [3.63, 3.8) is 0 Å². The molecule has 1 heterocycles. The van der Waals surface area contributed by atoms with E-state index in [1.54, 1.807) is 14.7 Å². The van der Waals surface area contributed by atoms with Crippen LogP contribution in [0.1, 0.15) is 62.3 Å². The van der Waals surface area contributed by atoms with Crippen LogP contribution in [0.3, 0.4) is 0 Å². The summed E-state index contributed by atoms with van der Waals surface area (Å²) in [5.74, 6) is -4.02. The molecule has 0 amide bonds. The maximum Gasteiger partial charge on any atom is 0.321 e. The second kappa shape index (κ2) is 14.1. The summed E-state index contributed by atoms with van der Waals surface area (Å²) >= 11 is 0. The number of carboxylic acids is 4. The molecule has 0 aromatic carbocycles. The topological polar surface area (TPSA) is 162 Å². The minimum absolute atomic E-state index is 0.244. The number of aliphatic carboxylic acids is 4. The van der Waals surface area contributed by atoms with Crippen LogP contribution in [0.4, 0.5) is 0 Å². The predicted molar refractivity (Wildman–Crippen MR) is 151 cm³/mol. The normalized spacial score (nSPS) is 21.0. The van der Waals surface area contributed by atoms with Crippen molar-refractivity contribution in [1.82, 2.24) is 19.6 Å². The van der Waals surface area contributed by atoms with Gasteiger partial charge < -0.3 is 20.4 Å². The fraction of sp³-hybridized carbons (Fsp3) is 0.857. The molecule has 0 saturated carbocycles. The Kier molecular flexibility index (Phi) is 12.6. The minimum atomic E-state index is -1.03. The summed E-state index contributed by atoms with van der Waals surface area (Å²) in [7, 11) is 0. The zero-order chi connectivity index (χ0) is 31.2. The zero-order valence-corrected chi connectivity index (χ0v) is 25.8. The number of hydrogen-bond acceptors (Lipinski definition) is 8. The summed E-state index contributed by atoms with van der Waals surface area (Å²) < 4.78 is 0. The van der Waals surface area contributed by atoms with Gasteiger partial charge in [-0.05, 0) is 16.2 Å². The second-order valence-corrected chi connectivity index (χ2v) is 14.1. The molecule has 12 heteroatoms. The first-order chi connectivity index (χ1) is 18.1. The molecule has 1 aliphatic heterocycles. The van der Waals surface area contributed by atoms with E-state index in [1.165, 1.54) is 0 Å². The van der Waals surface area contributed by atoms with Gasteiger partial charge in [0.1, 0.15) is 18.1 Å². The van der Waals surface area contributed by atoms with Crippen LogP contribution in [-0.4, -0.2) is 141 Å². The van der Waals surface area contributed by atoms with Crippen molar-refractivity contribution in [1.29, 1.82) is 0 Å². The van der Waals surface area contributed by atoms with E-state index >= 15 is 0 Å². The van der Waals surface area contributed by atoms with Crippen molar-refractivity contribution in [2.45, 2.75) is 80.4 Å². The first-order valence-corrected chi connectivity index (χ1v) is 13.9. The van der Waals surface area contributed by atoms with Crippen molar-refractivity contribution >= 4 is 23.9 Å². The lowest BCUT2D eigenvalue weighted by Gasteiger charge is -2.44. The molecule has 0 aromatic heterocycles. The van der Waals surface area contributed by atoms with Crippen molar-refractivity contribution in [2.24, 2.45) is 16.2 Å². The number of carboxylic acid groups (broad SMARTS) is 4. The lowest BCUT2D eigenvalue weighted by atomic mass is 9.84. The van der Waals surface area contributed by atoms with E-state index in [1.807, 2.05) is 67.2 Å². The van der Waals surface area contributed by atoms with Gasteiger partial charge in [-0.3, -0.25) is 38.8 Å². The van der Waals surface area contributed by atoms with Gasteiger partial charge in [-0.25, -0.2) is 0 Å². The molecule has 0 radical (unpaired) electrons. The van der Waals surface area contributed by atoms with Gasteiger partial charge in [-0.2, -0.15) is 0 Å². The summed E-state index contributed by atoms with van der Waals surface area (Å²) in [5, 5.41) is 40.1. The molecule has 0 aromatic rings. The van der Waals surface area contributed by atoms with Crippen molar-refractivity contribution in [2.75, 3.05) is 58.9 Å². The average molecular weight is 573 g/mol. The Labute approximate surface area is 238 Å². The molecule has 12 nitrogen and oxygen atoms in total. The van der Waals surface area contributed by atoms with Crippen LogP contribution in [0.15, 0.2) is 0 Å². The minimum Gasteiger partial charge on any atom is -0.480 e. The molecule has 0 bridgehead atoms. The molecule has 40 heavy (non-hydrogen) atoms. The zero-order valence-electron chi connectivity index (χ0n) is 25.8. The third-order valence-corrected chi connectivity index (χ3v) is 7.37. The number of nitrogens with zero attached hydrogens (tertiary/aromatic N) is 4. The highest BCUT2D eigenvalue weighted by Gasteiger charge is 2.41. The van der Waals surface area contributed by atoms with Crippen LogP contribution in [0, 0.1) is 16.2 Å². The third kappa shape index (κ3) is 10.6. The molecule has 1 rings (SSSR count). The lowest BCUT2D eigenvalue weighted by molar-refractivity contribution is -0.152. The van der Waals surface area contributed by atoms with Crippen LogP contribution >= 0.6 is 0 Å². The van der Waals surface area contributed by atoms with E-state index < -0.39 is 58.2 Å². The van der Waals surface area contributed by atoms with Crippen LogP contribution in [-0.2, 0) is 19.2 Å². The highest BCUT2D eigenvalue weighted by molar-refractivity contribution is 5.75. The van der Waals surface area contributed by atoms with Crippen LogP contribution in [0.5, 0.6) is 0 Å². The Bertz CT molecular complexity index is 842. The van der Waals surface area contributed by atoms with E-state index in [9.17, 15) is 39.6 Å². The highest BCUT2D eigenvalue weighted by atomic mass is 16.4. The Morgan fingerprint density at radius 2 is 0.725 bits per heavy atom. The maximum absolute atomic E-state index is 12.5. The fourth-order valence-electron chi connectivity index (χ4n) is 5.85. The molecule has 232 valence electrons. The van der Waals surface area contributed by atoms with Gasteiger partial charge in [0.25, 0.3) is 0 Å². The van der Waals surface area contributed by atoms with Crippen LogP contribution in [0.2, 0.25) is 0 Å². The predicted octanol–water partition coefficient (Wildman–Crippen LogP) is 1.79. The largest absolute Gasteiger partial charge is 0.480 e. The van der Waals surface area contributed by atoms with Crippen molar-refractivity contribution in [3.05, 3.63) is 0 Å². The first-order valence-electron chi connectivity index (χ1n) is 13.9. The van der Waals surface area contributed by atoms with Gasteiger partial charge in [0, 0.05) is 52.4 Å². The van der Waals surface area contributed by atoms with Gasteiger partial charge in [0.2, 0.25) is 0 Å². The molecule has 3 unspecified atom stereocenters. The third-order valence-electron chi connectivity index (χ3n) is 7.37. The lowest BCUT2D eigenvalue weighted by Crippen LogP contribution is -2.59. The molecule has 0 spiro atoms. The monoisotopic (exact) mass is 572 g/mol. The van der Waals surface area contributed by atoms with Gasteiger partial charge >= 0.3 is 23.9 Å². The number of hydrogen-bond donors (Lipinski definition) is 4. The summed E-state index contributed by atoms with van der Waals surface area (Å²) in [6.07, 6.45) is 0. The molecule has 1 aliphatic rings. The van der Waals surface area contributed by atoms with E-state index in [0.29, 0.717) is 0 Å². The summed E-state index contributed by atoms with van der Waals surface area (Å²) in [4.78, 5) is 56.2. The summed E-state index contributed by atoms with van der Waals surface area (Å²) in [6.45, 7) is 18.3. The van der Waals surface area contributed by atoms with E-state index in [4.69, 9.17) is 0 Å². The Hall–Kier alpha value is -2.28. The molecule has 1 fully saturated rings. The molecule has 0 aliphatic carbocycles. The molecule has 3 atom stereocenters. The average Bonchev–Trinajstić information content (AvgIpc) is 2.70. The van der Waals surface area contributed by atoms with Crippen LogP contribution in [0.25, 0.3) is 0 Å². The Morgan fingerprint density at radius 3 is 0.900 bits per heavy atom. The van der Waals surface area contributed by atoms with E-state index in [2.05, 4.69) is 0 Å². The quantitative estimate of drug-likeness (QED) is 0.334. The SMILES string of the molecule is CC(C)(C)C(C(=O)O)N1CCN(CC(=O)O)CCN(C(C(=O)O)C(C)(C)C)CCN(C(C(=O)O)C(C)(C)C)CC1. The molecule has 4 N–H and O–H groups in total. The Balaban J connectivity index is 3.62. The van der Waals surface area contributed by atoms with E-state index in [0.717, 1.165) is 0 Å². The second-order valence-electron chi connectivity index (χ2n) is 14.1. The van der Waals surface area contributed by atoms with Crippen molar-refractivity contribution in [3.8, 4) is 0 Å². The van der Waals surface area contributed by atoms with Crippen LogP contribution < -0.4 is 0 Å². The van der Waals surface area contributed by atoms with Gasteiger partial charge in [-0.1, -0.05) is 62.3 Å². The molecule has 1 saturated heterocycles. The van der Waals surface area contributed by atoms with Gasteiger partial charge in [-0.15, -0.1) is 0 Å². The maximum atomic E-state index is 12.5. The van der Waals surface area contributed by atoms with Crippen molar-refractivity contribution < 1.29 is 39.6 Å². The summed E-state index contributed by atoms with van der Waals surface area (Å²) in [6, 6.07) is -2.65. The molecular formula is C28H52N4O8. The van der Waals surface area contributed by atoms with E-state index in [-0.39, 0.29) is 58.9 Å². The smallest absolute Gasteiger partial charge is 0.321 e. The molecular weight excluding hydrogens is 520 g/mol. The highest BCUT2D eigenvalue weighted by Crippen LogP contribution is 2.29. The Morgan fingerprint density at radius 1 is 0.500 bits per heavy atom. The first kappa shape index (κ1) is 35.7. The standard InChI is InChI=1S/C28H52N4O8/c1-26(2,3)20(23(35)36)30-12-10-29(18-19(33)34)11-13-31(21(24(37)38)27(4,5)6)15-17-32(16-14-30)22(25(39)40)28(7,8)9/h20-22H,10-18H2,1-9H3,(H,33,34)(H,35,36)(H,37,38)(H,39,40). The number of carbonyl (C=O) groups is 4. The summed E-state index contributed by atoms with van der Waals surface area (Å²) in [5.41, 5.74) is -1.93. The van der Waals surface area contributed by atoms with Gasteiger partial charge in [0.15, 0.2) is 0 Å². The number of rotatable bonds is 8. The van der Waals surface area contributed by atoms with Gasteiger partial charge in [0.05, 0.1) is 6.54 Å².